The molecule has 1 saturated carbocycles. The molecule has 3 nitrogen and oxygen atoms in total. The normalized spacial score (nSPS) is 18.4. The second kappa shape index (κ2) is 6.03. The van der Waals surface area contributed by atoms with Crippen LogP contribution in [-0.2, 0) is 0 Å². The Kier molecular flexibility index (Phi) is 4.65. The number of halogens is 1. The fraction of sp³-hybridized carbons (Fsp3) is 0.692. The zero-order valence-corrected chi connectivity index (χ0v) is 11.9. The van der Waals surface area contributed by atoms with Gasteiger partial charge in [0, 0.05) is 13.1 Å². The van der Waals surface area contributed by atoms with E-state index in [1.807, 2.05) is 6.07 Å². The fourth-order valence-electron chi connectivity index (χ4n) is 2.45. The molecule has 17 heavy (non-hydrogen) atoms. The zero-order chi connectivity index (χ0) is 12.3. The molecule has 1 aliphatic carbocycles. The molecule has 1 atom stereocenters. The third kappa shape index (κ3) is 2.92. The molecular formula is C13H21BrN2O. The van der Waals surface area contributed by atoms with E-state index in [4.69, 9.17) is 10.2 Å². The molecule has 1 fully saturated rings. The number of nitrogens with two attached hydrogens (primary N) is 1. The first-order valence-electron chi connectivity index (χ1n) is 6.43. The van der Waals surface area contributed by atoms with E-state index < -0.39 is 0 Å². The van der Waals surface area contributed by atoms with Gasteiger partial charge in [-0.1, -0.05) is 13.3 Å². The van der Waals surface area contributed by atoms with Crippen molar-refractivity contribution in [3.05, 3.63) is 22.6 Å². The van der Waals surface area contributed by atoms with Crippen LogP contribution < -0.4 is 5.73 Å². The standard InChI is InChI=1S/C13H21BrN2O/c1-2-16(9-10-4-3-5-10)12(8-15)13-11(14)6-7-17-13/h6-7,10,12H,2-5,8-9,15H2,1H3. The number of likely N-dealkylation sites (N-methyl/N-ethyl adjacent to an activating group) is 1. The summed E-state index contributed by atoms with van der Waals surface area (Å²) in [7, 11) is 0. The molecule has 4 heteroatoms. The summed E-state index contributed by atoms with van der Waals surface area (Å²) >= 11 is 3.53. The molecule has 96 valence electrons. The van der Waals surface area contributed by atoms with Crippen molar-refractivity contribution in [1.82, 2.24) is 4.90 Å². The summed E-state index contributed by atoms with van der Waals surface area (Å²) in [5.41, 5.74) is 5.92. The van der Waals surface area contributed by atoms with Gasteiger partial charge in [0.2, 0.25) is 0 Å². The van der Waals surface area contributed by atoms with Crippen LogP contribution in [0.3, 0.4) is 0 Å². The molecule has 0 spiro atoms. The van der Waals surface area contributed by atoms with E-state index in [1.54, 1.807) is 6.26 Å². The molecule has 1 aromatic rings. The van der Waals surface area contributed by atoms with Crippen molar-refractivity contribution in [2.75, 3.05) is 19.6 Å². The van der Waals surface area contributed by atoms with Crippen molar-refractivity contribution in [3.8, 4) is 0 Å². The predicted molar refractivity (Wildman–Crippen MR) is 72.8 cm³/mol. The van der Waals surface area contributed by atoms with Crippen molar-refractivity contribution < 1.29 is 4.42 Å². The molecular weight excluding hydrogens is 280 g/mol. The quantitative estimate of drug-likeness (QED) is 0.877. The number of nitrogens with zero attached hydrogens (tertiary/aromatic N) is 1. The third-order valence-electron chi connectivity index (χ3n) is 3.74. The van der Waals surface area contributed by atoms with Gasteiger partial charge in [-0.25, -0.2) is 0 Å². The molecule has 0 aromatic carbocycles. The van der Waals surface area contributed by atoms with Crippen molar-refractivity contribution >= 4 is 15.9 Å². The van der Waals surface area contributed by atoms with E-state index in [-0.39, 0.29) is 6.04 Å². The number of hydrogen-bond acceptors (Lipinski definition) is 3. The van der Waals surface area contributed by atoms with Crippen molar-refractivity contribution in [3.63, 3.8) is 0 Å². The lowest BCUT2D eigenvalue weighted by Crippen LogP contribution is -2.38. The Hall–Kier alpha value is -0.320. The summed E-state index contributed by atoms with van der Waals surface area (Å²) in [6, 6.07) is 2.14. The van der Waals surface area contributed by atoms with Crippen LogP contribution in [0.2, 0.25) is 0 Å². The van der Waals surface area contributed by atoms with Crippen LogP contribution in [-0.4, -0.2) is 24.5 Å². The molecule has 2 N–H and O–H groups in total. The maximum absolute atomic E-state index is 5.92. The van der Waals surface area contributed by atoms with Gasteiger partial charge in [-0.05, 0) is 47.3 Å². The lowest BCUT2D eigenvalue weighted by atomic mass is 9.85. The van der Waals surface area contributed by atoms with Crippen molar-refractivity contribution in [2.45, 2.75) is 32.2 Å². The summed E-state index contributed by atoms with van der Waals surface area (Å²) in [5.74, 6) is 1.83. The van der Waals surface area contributed by atoms with E-state index in [0.29, 0.717) is 6.54 Å². The predicted octanol–water partition coefficient (Wildman–Crippen LogP) is 3.16. The summed E-state index contributed by atoms with van der Waals surface area (Å²) in [6.45, 7) is 4.96. The smallest absolute Gasteiger partial charge is 0.136 e. The minimum absolute atomic E-state index is 0.199. The average molecular weight is 301 g/mol. The Balaban J connectivity index is 2.06. The maximum Gasteiger partial charge on any atom is 0.136 e. The Bertz CT molecular complexity index is 349. The minimum Gasteiger partial charge on any atom is -0.466 e. The zero-order valence-electron chi connectivity index (χ0n) is 10.4. The second-order valence-corrected chi connectivity index (χ2v) is 5.62. The molecule has 0 amide bonds. The number of hydrogen-bond donors (Lipinski definition) is 1. The van der Waals surface area contributed by atoms with Crippen molar-refractivity contribution in [2.24, 2.45) is 11.7 Å². The molecule has 0 bridgehead atoms. The SMILES string of the molecule is CCN(CC1CCC1)C(CN)c1occc1Br. The average Bonchev–Trinajstić information content (AvgIpc) is 2.68. The van der Waals surface area contributed by atoms with Crippen LogP contribution in [0.1, 0.15) is 38.0 Å². The van der Waals surface area contributed by atoms with Crippen LogP contribution in [0.15, 0.2) is 21.2 Å². The summed E-state index contributed by atoms with van der Waals surface area (Å²) in [5, 5.41) is 0. The maximum atomic E-state index is 5.92. The van der Waals surface area contributed by atoms with Crippen LogP contribution >= 0.6 is 15.9 Å². The van der Waals surface area contributed by atoms with Gasteiger partial charge in [0.05, 0.1) is 16.8 Å². The molecule has 1 aliphatic rings. The van der Waals surface area contributed by atoms with Crippen LogP contribution in [0, 0.1) is 5.92 Å². The highest BCUT2D eigenvalue weighted by atomic mass is 79.9. The molecule has 0 saturated heterocycles. The van der Waals surface area contributed by atoms with Gasteiger partial charge in [-0.2, -0.15) is 0 Å². The van der Waals surface area contributed by atoms with Crippen molar-refractivity contribution in [1.29, 1.82) is 0 Å². The van der Waals surface area contributed by atoms with Crippen LogP contribution in [0.5, 0.6) is 0 Å². The monoisotopic (exact) mass is 300 g/mol. The summed E-state index contributed by atoms with van der Waals surface area (Å²) in [4.78, 5) is 2.44. The highest BCUT2D eigenvalue weighted by Gasteiger charge is 2.27. The van der Waals surface area contributed by atoms with Crippen LogP contribution in [0.4, 0.5) is 0 Å². The van der Waals surface area contributed by atoms with E-state index in [0.717, 1.165) is 29.2 Å². The lowest BCUT2D eigenvalue weighted by molar-refractivity contribution is 0.128. The number of furan rings is 1. The van der Waals surface area contributed by atoms with Gasteiger partial charge in [0.25, 0.3) is 0 Å². The van der Waals surface area contributed by atoms with E-state index in [1.165, 1.54) is 19.3 Å². The number of rotatable bonds is 6. The third-order valence-corrected chi connectivity index (χ3v) is 4.39. The first-order chi connectivity index (χ1) is 8.26. The Morgan fingerprint density at radius 1 is 1.59 bits per heavy atom. The van der Waals surface area contributed by atoms with Gasteiger partial charge >= 0.3 is 0 Å². The van der Waals surface area contributed by atoms with Gasteiger partial charge in [-0.15, -0.1) is 0 Å². The topological polar surface area (TPSA) is 42.4 Å². The van der Waals surface area contributed by atoms with Gasteiger partial charge in [-0.3, -0.25) is 4.90 Å². The van der Waals surface area contributed by atoms with E-state index in [2.05, 4.69) is 27.8 Å². The fourth-order valence-corrected chi connectivity index (χ4v) is 2.91. The first kappa shape index (κ1) is 13.1. The Morgan fingerprint density at radius 3 is 2.76 bits per heavy atom. The van der Waals surface area contributed by atoms with Gasteiger partial charge < -0.3 is 10.2 Å². The van der Waals surface area contributed by atoms with Gasteiger partial charge in [0.15, 0.2) is 0 Å². The summed E-state index contributed by atoms with van der Waals surface area (Å²) in [6.07, 6.45) is 5.85. The first-order valence-corrected chi connectivity index (χ1v) is 7.22. The molecule has 1 heterocycles. The second-order valence-electron chi connectivity index (χ2n) is 4.77. The Morgan fingerprint density at radius 2 is 2.35 bits per heavy atom. The lowest BCUT2D eigenvalue weighted by Gasteiger charge is -2.35. The molecule has 1 unspecified atom stereocenters. The minimum atomic E-state index is 0.199. The molecule has 0 radical (unpaired) electrons. The highest BCUT2D eigenvalue weighted by molar-refractivity contribution is 9.10. The Labute approximate surface area is 111 Å². The summed E-state index contributed by atoms with van der Waals surface area (Å²) < 4.78 is 6.59. The van der Waals surface area contributed by atoms with Crippen LogP contribution in [0.25, 0.3) is 0 Å². The molecule has 2 rings (SSSR count). The van der Waals surface area contributed by atoms with E-state index in [9.17, 15) is 0 Å². The molecule has 1 aromatic heterocycles. The largest absolute Gasteiger partial charge is 0.466 e. The molecule has 0 aliphatic heterocycles. The van der Waals surface area contributed by atoms with E-state index >= 15 is 0 Å². The highest BCUT2D eigenvalue weighted by Crippen LogP contribution is 2.32. The van der Waals surface area contributed by atoms with Gasteiger partial charge in [0.1, 0.15) is 5.76 Å².